The van der Waals surface area contributed by atoms with Gasteiger partial charge in [0.1, 0.15) is 0 Å². The average Bonchev–Trinajstić information content (AvgIpc) is 2.43. The molecule has 0 unspecified atom stereocenters. The van der Waals surface area contributed by atoms with Crippen LogP contribution in [0.25, 0.3) is 0 Å². The number of methoxy groups -OCH3 is 1. The van der Waals surface area contributed by atoms with Gasteiger partial charge in [0.25, 0.3) is 5.56 Å². The number of hydrogen-bond acceptors (Lipinski definition) is 4. The van der Waals surface area contributed by atoms with Crippen LogP contribution in [0.3, 0.4) is 0 Å². The van der Waals surface area contributed by atoms with E-state index < -0.39 is 5.97 Å². The minimum atomic E-state index is -0.872. The predicted molar refractivity (Wildman–Crippen MR) is 71.9 cm³/mol. The quantitative estimate of drug-likeness (QED) is 0.877. The summed E-state index contributed by atoms with van der Waals surface area (Å²) in [6, 6.07) is 9.93. The number of aliphatic carboxylic acids is 1. The number of aromatic nitrogens is 2. The summed E-state index contributed by atoms with van der Waals surface area (Å²) in [6.07, 6.45) is -0.0162. The Bertz CT molecular complexity index is 662. The predicted octanol–water partition coefficient (Wildman–Crippen LogP) is 0.927. The highest BCUT2D eigenvalue weighted by Crippen LogP contribution is 2.07. The van der Waals surface area contributed by atoms with E-state index in [1.165, 1.54) is 23.9 Å². The first kappa shape index (κ1) is 13.8. The Labute approximate surface area is 115 Å². The topological polar surface area (TPSA) is 81.4 Å². The van der Waals surface area contributed by atoms with Crippen LogP contribution < -0.4 is 10.3 Å². The van der Waals surface area contributed by atoms with Crippen molar-refractivity contribution in [3.63, 3.8) is 0 Å². The number of carbonyl (C=O) groups is 1. The summed E-state index contributed by atoms with van der Waals surface area (Å²) < 4.78 is 6.27. The average molecular weight is 274 g/mol. The van der Waals surface area contributed by atoms with Gasteiger partial charge in [0.05, 0.1) is 20.1 Å². The largest absolute Gasteiger partial charge is 0.481 e. The zero-order valence-corrected chi connectivity index (χ0v) is 10.9. The number of carboxylic acid groups (broad SMARTS) is 1. The molecule has 6 nitrogen and oxygen atoms in total. The minimum absolute atomic E-state index is 0.0162. The first-order valence-electron chi connectivity index (χ1n) is 6.00. The van der Waals surface area contributed by atoms with Crippen molar-refractivity contribution in [2.24, 2.45) is 0 Å². The third-order valence-corrected chi connectivity index (χ3v) is 2.76. The smallest absolute Gasteiger partial charge is 0.307 e. The highest BCUT2D eigenvalue weighted by molar-refractivity contribution is 5.70. The second-order valence-corrected chi connectivity index (χ2v) is 4.26. The summed E-state index contributed by atoms with van der Waals surface area (Å²) in [7, 11) is 1.48. The van der Waals surface area contributed by atoms with Gasteiger partial charge in [-0.3, -0.25) is 9.59 Å². The van der Waals surface area contributed by atoms with Crippen molar-refractivity contribution in [2.75, 3.05) is 7.11 Å². The lowest BCUT2D eigenvalue weighted by molar-refractivity contribution is -0.136. The molecule has 2 aromatic rings. The first-order valence-corrected chi connectivity index (χ1v) is 6.00. The molecule has 0 amide bonds. The third kappa shape index (κ3) is 3.44. The molecule has 0 aliphatic heterocycles. The highest BCUT2D eigenvalue weighted by Gasteiger charge is 2.04. The zero-order chi connectivity index (χ0) is 14.5. The summed E-state index contributed by atoms with van der Waals surface area (Å²) in [6.45, 7) is 0.309. The van der Waals surface area contributed by atoms with Gasteiger partial charge < -0.3 is 9.84 Å². The molecule has 2 rings (SSSR count). The molecule has 0 radical (unpaired) electrons. The minimum Gasteiger partial charge on any atom is -0.481 e. The van der Waals surface area contributed by atoms with Gasteiger partial charge >= 0.3 is 5.97 Å². The molecule has 0 aliphatic carbocycles. The molecular weight excluding hydrogens is 260 g/mol. The molecule has 6 heteroatoms. The number of nitrogens with zero attached hydrogens (tertiary/aromatic N) is 2. The van der Waals surface area contributed by atoms with Crippen molar-refractivity contribution < 1.29 is 14.6 Å². The van der Waals surface area contributed by atoms with Crippen LogP contribution >= 0.6 is 0 Å². The molecule has 0 saturated heterocycles. The van der Waals surface area contributed by atoms with Gasteiger partial charge in [0.15, 0.2) is 0 Å². The molecule has 0 saturated carbocycles. The number of ether oxygens (including phenoxy) is 1. The fraction of sp³-hybridized carbons (Fsp3) is 0.214. The van der Waals surface area contributed by atoms with E-state index >= 15 is 0 Å². The lowest BCUT2D eigenvalue weighted by Gasteiger charge is -2.07. The van der Waals surface area contributed by atoms with Gasteiger partial charge in [-0.05, 0) is 11.1 Å². The molecule has 1 N–H and O–H groups in total. The summed E-state index contributed by atoms with van der Waals surface area (Å²) in [5, 5.41) is 12.7. The monoisotopic (exact) mass is 274 g/mol. The Kier molecular flexibility index (Phi) is 4.14. The van der Waals surface area contributed by atoms with Gasteiger partial charge in [-0.15, -0.1) is 5.10 Å². The fourth-order valence-corrected chi connectivity index (χ4v) is 1.76. The van der Waals surface area contributed by atoms with Gasteiger partial charge in [0, 0.05) is 12.1 Å². The molecule has 104 valence electrons. The Morgan fingerprint density at radius 3 is 2.45 bits per heavy atom. The summed E-state index contributed by atoms with van der Waals surface area (Å²) in [4.78, 5) is 22.3. The van der Waals surface area contributed by atoms with E-state index in [0.29, 0.717) is 18.0 Å². The molecule has 1 heterocycles. The number of rotatable bonds is 5. The van der Waals surface area contributed by atoms with Crippen molar-refractivity contribution >= 4 is 5.97 Å². The van der Waals surface area contributed by atoms with Crippen LogP contribution in [0.15, 0.2) is 41.2 Å². The molecule has 1 aromatic heterocycles. The second-order valence-electron chi connectivity index (χ2n) is 4.26. The van der Waals surface area contributed by atoms with Crippen LogP contribution in [-0.2, 0) is 17.8 Å². The molecular formula is C14H14N2O4. The van der Waals surface area contributed by atoms with Crippen LogP contribution in [0.5, 0.6) is 5.88 Å². The van der Waals surface area contributed by atoms with Gasteiger partial charge in [0.2, 0.25) is 5.88 Å². The Morgan fingerprint density at radius 2 is 1.85 bits per heavy atom. The maximum Gasteiger partial charge on any atom is 0.307 e. The van der Waals surface area contributed by atoms with Crippen molar-refractivity contribution in [3.05, 3.63) is 57.9 Å². The van der Waals surface area contributed by atoms with Crippen LogP contribution in [0.2, 0.25) is 0 Å². The standard InChI is InChI=1S/C14H14N2O4/c1-20-12-6-7-13(17)16(15-12)9-11-4-2-10(3-5-11)8-14(18)19/h2-7H,8-9H2,1H3,(H,18,19). The lowest BCUT2D eigenvalue weighted by atomic mass is 10.1. The number of hydrogen-bond donors (Lipinski definition) is 1. The molecule has 0 aliphatic rings. The summed E-state index contributed by atoms with van der Waals surface area (Å²) >= 11 is 0. The Balaban J connectivity index is 2.17. The fourth-order valence-electron chi connectivity index (χ4n) is 1.76. The molecule has 0 bridgehead atoms. The van der Waals surface area contributed by atoms with E-state index in [0.717, 1.165) is 5.56 Å². The summed E-state index contributed by atoms with van der Waals surface area (Å²) in [5.41, 5.74) is 1.36. The zero-order valence-electron chi connectivity index (χ0n) is 10.9. The number of benzene rings is 1. The Morgan fingerprint density at radius 1 is 1.20 bits per heavy atom. The van der Waals surface area contributed by atoms with Gasteiger partial charge in [-0.25, -0.2) is 4.68 Å². The van der Waals surface area contributed by atoms with Crippen LogP contribution in [0, 0.1) is 0 Å². The van der Waals surface area contributed by atoms with Crippen LogP contribution in [0.4, 0.5) is 0 Å². The van der Waals surface area contributed by atoms with E-state index in [2.05, 4.69) is 5.10 Å². The van der Waals surface area contributed by atoms with E-state index in [9.17, 15) is 9.59 Å². The van der Waals surface area contributed by atoms with Crippen molar-refractivity contribution in [1.82, 2.24) is 9.78 Å². The van der Waals surface area contributed by atoms with Gasteiger partial charge in [-0.1, -0.05) is 24.3 Å². The normalized spacial score (nSPS) is 10.2. The molecule has 0 fully saturated rings. The van der Waals surface area contributed by atoms with E-state index in [4.69, 9.17) is 9.84 Å². The van der Waals surface area contributed by atoms with Crippen molar-refractivity contribution in [3.8, 4) is 5.88 Å². The van der Waals surface area contributed by atoms with E-state index in [1.54, 1.807) is 24.3 Å². The van der Waals surface area contributed by atoms with Crippen LogP contribution in [-0.4, -0.2) is 28.0 Å². The van der Waals surface area contributed by atoms with Crippen molar-refractivity contribution in [2.45, 2.75) is 13.0 Å². The lowest BCUT2D eigenvalue weighted by Crippen LogP contribution is -2.22. The van der Waals surface area contributed by atoms with E-state index in [1.807, 2.05) is 0 Å². The van der Waals surface area contributed by atoms with Crippen LogP contribution in [0.1, 0.15) is 11.1 Å². The molecule has 1 aromatic carbocycles. The van der Waals surface area contributed by atoms with Gasteiger partial charge in [-0.2, -0.15) is 0 Å². The second kappa shape index (κ2) is 6.01. The first-order chi connectivity index (χ1) is 9.58. The molecule has 20 heavy (non-hydrogen) atoms. The third-order valence-electron chi connectivity index (χ3n) is 2.76. The Hall–Kier alpha value is -2.63. The van der Waals surface area contributed by atoms with E-state index in [-0.39, 0.29) is 12.0 Å². The maximum atomic E-state index is 11.7. The number of carboxylic acids is 1. The SMILES string of the molecule is COc1ccc(=O)n(Cc2ccc(CC(=O)O)cc2)n1. The molecule has 0 spiro atoms. The maximum absolute atomic E-state index is 11.7. The molecule has 0 atom stereocenters. The highest BCUT2D eigenvalue weighted by atomic mass is 16.5. The summed E-state index contributed by atoms with van der Waals surface area (Å²) in [5.74, 6) is -0.504. The van der Waals surface area contributed by atoms with Crippen molar-refractivity contribution in [1.29, 1.82) is 0 Å².